The van der Waals surface area contributed by atoms with Crippen molar-refractivity contribution in [3.05, 3.63) is 61.7 Å². The van der Waals surface area contributed by atoms with Crippen LogP contribution in [0.15, 0.2) is 16.9 Å². The number of carbonyl (C=O) groups excluding carboxylic acids is 1. The van der Waals surface area contributed by atoms with E-state index in [-0.39, 0.29) is 42.1 Å². The highest BCUT2D eigenvalue weighted by Crippen LogP contribution is 2.50. The SMILES string of the molecule is CC[C@@]1(O)C(=O)OCc2c1cc1n(c2=O)Cc2c-1nc1cc(F)c(C)c3c1c2[C@@](C)(N1CC[C@@H](O)C1)CC3. The molecule has 4 aliphatic rings. The fraction of sp³-hybridized carbons (Fsp3) is 0.483. The number of benzene rings is 1. The minimum Gasteiger partial charge on any atom is -0.458 e. The Hall–Kier alpha value is -3.14. The number of aryl methyl sites for hydroxylation is 1. The Kier molecular flexibility index (Phi) is 4.86. The molecule has 5 heterocycles. The number of rotatable bonds is 2. The Balaban J connectivity index is 1.55. The molecular formula is C29H30FN3O5. The molecule has 1 aromatic carbocycles. The van der Waals surface area contributed by atoms with Crippen LogP contribution < -0.4 is 5.56 Å². The molecule has 1 fully saturated rings. The zero-order chi connectivity index (χ0) is 26.7. The van der Waals surface area contributed by atoms with Crippen LogP contribution in [0, 0.1) is 12.7 Å². The second kappa shape index (κ2) is 7.71. The van der Waals surface area contributed by atoms with Gasteiger partial charge in [0, 0.05) is 41.2 Å². The van der Waals surface area contributed by atoms with Crippen molar-refractivity contribution in [2.24, 2.45) is 0 Å². The number of β-amino-alcohol motifs (C(OH)–C–C–N with tert-alkyl or cyclic N) is 1. The molecule has 0 bridgehead atoms. The van der Waals surface area contributed by atoms with Gasteiger partial charge in [0.15, 0.2) is 5.60 Å². The van der Waals surface area contributed by atoms with Crippen LogP contribution in [0.3, 0.4) is 0 Å². The summed E-state index contributed by atoms with van der Waals surface area (Å²) < 4.78 is 21.9. The largest absolute Gasteiger partial charge is 0.458 e. The molecule has 9 heteroatoms. The molecule has 3 aliphatic heterocycles. The van der Waals surface area contributed by atoms with Crippen molar-refractivity contribution < 1.29 is 24.1 Å². The minimum absolute atomic E-state index is 0.0637. The van der Waals surface area contributed by atoms with Gasteiger partial charge in [0.2, 0.25) is 0 Å². The highest BCUT2D eigenvalue weighted by molar-refractivity contribution is 5.93. The number of halogens is 1. The van der Waals surface area contributed by atoms with E-state index in [1.54, 1.807) is 24.5 Å². The highest BCUT2D eigenvalue weighted by Gasteiger charge is 2.48. The number of aromatic nitrogens is 2. The van der Waals surface area contributed by atoms with Crippen LogP contribution in [0.2, 0.25) is 0 Å². The molecule has 0 saturated carbocycles. The maximum atomic E-state index is 15.1. The van der Waals surface area contributed by atoms with Crippen molar-refractivity contribution in [1.82, 2.24) is 14.5 Å². The van der Waals surface area contributed by atoms with E-state index in [9.17, 15) is 19.8 Å². The van der Waals surface area contributed by atoms with E-state index >= 15 is 4.39 Å². The van der Waals surface area contributed by atoms with Crippen molar-refractivity contribution in [3.63, 3.8) is 0 Å². The lowest BCUT2D eigenvalue weighted by atomic mass is 9.73. The third kappa shape index (κ3) is 2.87. The lowest BCUT2D eigenvalue weighted by molar-refractivity contribution is -0.172. The molecule has 3 aromatic rings. The van der Waals surface area contributed by atoms with Crippen LogP contribution in [0.5, 0.6) is 0 Å². The number of pyridine rings is 2. The van der Waals surface area contributed by atoms with Crippen LogP contribution in [-0.4, -0.2) is 49.8 Å². The summed E-state index contributed by atoms with van der Waals surface area (Å²) >= 11 is 0. The molecule has 2 aromatic heterocycles. The van der Waals surface area contributed by atoms with Crippen molar-refractivity contribution in [2.45, 2.75) is 76.9 Å². The average Bonchev–Trinajstić information content (AvgIpc) is 3.50. The molecule has 0 radical (unpaired) electrons. The Morgan fingerprint density at radius 2 is 2.03 bits per heavy atom. The third-order valence-corrected chi connectivity index (χ3v) is 9.57. The van der Waals surface area contributed by atoms with Gasteiger partial charge in [-0.25, -0.2) is 14.2 Å². The zero-order valence-corrected chi connectivity index (χ0v) is 21.7. The van der Waals surface area contributed by atoms with E-state index in [4.69, 9.17) is 9.72 Å². The molecule has 8 nitrogen and oxygen atoms in total. The first-order chi connectivity index (χ1) is 18.1. The van der Waals surface area contributed by atoms with Crippen LogP contribution in [0.25, 0.3) is 22.3 Å². The van der Waals surface area contributed by atoms with E-state index in [0.29, 0.717) is 41.9 Å². The second-order valence-corrected chi connectivity index (χ2v) is 11.4. The average molecular weight is 520 g/mol. The summed E-state index contributed by atoms with van der Waals surface area (Å²) in [5, 5.41) is 22.5. The number of carbonyl (C=O) groups is 1. The van der Waals surface area contributed by atoms with Crippen LogP contribution in [0.1, 0.15) is 66.5 Å². The first kappa shape index (κ1) is 23.9. The fourth-order valence-electron chi connectivity index (χ4n) is 7.29. The number of hydrogen-bond acceptors (Lipinski definition) is 7. The number of likely N-dealkylation sites (tertiary alicyclic amines) is 1. The first-order valence-corrected chi connectivity index (χ1v) is 13.3. The van der Waals surface area contributed by atoms with Crippen molar-refractivity contribution >= 4 is 16.9 Å². The molecule has 2 N–H and O–H groups in total. The summed E-state index contributed by atoms with van der Waals surface area (Å²) in [5.41, 5.74) is 3.01. The van der Waals surface area contributed by atoms with E-state index in [1.165, 1.54) is 6.07 Å². The quantitative estimate of drug-likeness (QED) is 0.393. The molecule has 0 unspecified atom stereocenters. The third-order valence-electron chi connectivity index (χ3n) is 9.57. The molecule has 0 amide bonds. The maximum absolute atomic E-state index is 15.1. The Labute approximate surface area is 218 Å². The van der Waals surface area contributed by atoms with Gasteiger partial charge in [0.05, 0.1) is 35.1 Å². The predicted octanol–water partition coefficient (Wildman–Crippen LogP) is 2.76. The van der Waals surface area contributed by atoms with E-state index in [1.807, 2.05) is 0 Å². The van der Waals surface area contributed by atoms with Crippen molar-refractivity contribution in [3.8, 4) is 11.4 Å². The molecule has 38 heavy (non-hydrogen) atoms. The maximum Gasteiger partial charge on any atom is 0.343 e. The van der Waals surface area contributed by atoms with Gasteiger partial charge in [0.1, 0.15) is 12.4 Å². The number of fused-ring (bicyclic) bond motifs is 5. The lowest BCUT2D eigenvalue weighted by Gasteiger charge is -2.44. The van der Waals surface area contributed by atoms with E-state index < -0.39 is 23.2 Å². The smallest absolute Gasteiger partial charge is 0.343 e. The van der Waals surface area contributed by atoms with Gasteiger partial charge in [-0.1, -0.05) is 6.92 Å². The van der Waals surface area contributed by atoms with E-state index in [2.05, 4.69) is 11.8 Å². The number of hydrogen-bond donors (Lipinski definition) is 2. The molecule has 1 aliphatic carbocycles. The Morgan fingerprint density at radius 1 is 1.24 bits per heavy atom. The number of ether oxygens (including phenoxy) is 1. The topological polar surface area (TPSA) is 105 Å². The normalized spacial score (nSPS) is 27.8. The Bertz CT molecular complexity index is 1650. The van der Waals surface area contributed by atoms with Gasteiger partial charge in [0.25, 0.3) is 5.56 Å². The van der Waals surface area contributed by atoms with Gasteiger partial charge in [-0.2, -0.15) is 0 Å². The van der Waals surface area contributed by atoms with Crippen LogP contribution in [-0.2, 0) is 40.2 Å². The van der Waals surface area contributed by atoms with Crippen LogP contribution >= 0.6 is 0 Å². The van der Waals surface area contributed by atoms with Gasteiger partial charge in [-0.3, -0.25) is 9.69 Å². The number of aliphatic hydroxyl groups is 2. The molecular weight excluding hydrogens is 489 g/mol. The standard InChI is InChI=1S/C29H30FN3O5/c1-4-29(37)19-9-22-25-17(12-33(22)26(35)18(19)13-38-27(29)36)24-23-16(14(2)20(30)10-21(23)31-25)5-7-28(24,3)32-8-6-15(34)11-32/h9-10,15,34,37H,4-8,11-13H2,1-3H3/t15-,28+,29+/m1/s1. The second-order valence-electron chi connectivity index (χ2n) is 11.4. The van der Waals surface area contributed by atoms with Gasteiger partial charge >= 0.3 is 5.97 Å². The zero-order valence-electron chi connectivity index (χ0n) is 21.7. The monoisotopic (exact) mass is 519 g/mol. The van der Waals surface area contributed by atoms with Crippen LogP contribution in [0.4, 0.5) is 4.39 Å². The molecule has 0 spiro atoms. The molecule has 7 rings (SSSR count). The number of aliphatic hydroxyl groups excluding tert-OH is 1. The van der Waals surface area contributed by atoms with Gasteiger partial charge in [-0.15, -0.1) is 0 Å². The summed E-state index contributed by atoms with van der Waals surface area (Å²) in [6, 6.07) is 3.17. The summed E-state index contributed by atoms with van der Waals surface area (Å²) in [6.45, 7) is 7.06. The highest BCUT2D eigenvalue weighted by atomic mass is 19.1. The van der Waals surface area contributed by atoms with Gasteiger partial charge < -0.3 is 19.5 Å². The lowest BCUT2D eigenvalue weighted by Crippen LogP contribution is -2.46. The van der Waals surface area contributed by atoms with Crippen molar-refractivity contribution in [1.29, 1.82) is 0 Å². The number of esters is 1. The summed E-state index contributed by atoms with van der Waals surface area (Å²) in [5.74, 6) is -1.07. The first-order valence-electron chi connectivity index (χ1n) is 13.3. The number of nitrogens with zero attached hydrogens (tertiary/aromatic N) is 3. The minimum atomic E-state index is -1.91. The summed E-state index contributed by atoms with van der Waals surface area (Å²) in [6.07, 6.45) is 1.80. The predicted molar refractivity (Wildman–Crippen MR) is 137 cm³/mol. The Morgan fingerprint density at radius 3 is 2.74 bits per heavy atom. The molecule has 3 atom stereocenters. The van der Waals surface area contributed by atoms with Gasteiger partial charge in [-0.05, 0) is 62.3 Å². The van der Waals surface area contributed by atoms with Crippen molar-refractivity contribution in [2.75, 3.05) is 13.1 Å². The number of cyclic esters (lactones) is 1. The van der Waals surface area contributed by atoms with E-state index in [0.717, 1.165) is 35.0 Å². The fourth-order valence-corrected chi connectivity index (χ4v) is 7.29. The summed E-state index contributed by atoms with van der Waals surface area (Å²) in [7, 11) is 0. The molecule has 198 valence electrons. The summed E-state index contributed by atoms with van der Waals surface area (Å²) in [4.78, 5) is 33.5. The molecule has 1 saturated heterocycles.